The Kier molecular flexibility index (Phi) is 5.27. The molecule has 108 valence electrons. The molecule has 0 aliphatic heterocycles. The lowest BCUT2D eigenvalue weighted by Crippen LogP contribution is -2.27. The maximum absolute atomic E-state index is 12.0. The average Bonchev–Trinajstić information content (AvgIpc) is 2.52. The van der Waals surface area contributed by atoms with Gasteiger partial charge in [-0.05, 0) is 30.7 Å². The number of likely N-dealkylation sites (N-methyl/N-ethyl adjacent to an activating group) is 1. The molecular weight excluding hydrogens is 260 g/mol. The van der Waals surface area contributed by atoms with Crippen molar-refractivity contribution in [2.24, 2.45) is 0 Å². The third-order valence-electron chi connectivity index (χ3n) is 3.30. The van der Waals surface area contributed by atoms with E-state index in [2.05, 4.69) is 4.98 Å². The summed E-state index contributed by atoms with van der Waals surface area (Å²) in [5, 5.41) is 0. The van der Waals surface area contributed by atoms with Crippen LogP contribution in [-0.2, 0) is 11.2 Å². The van der Waals surface area contributed by atoms with Crippen molar-refractivity contribution < 1.29 is 4.79 Å². The molecule has 1 amide bonds. The molecule has 0 atom stereocenters. The van der Waals surface area contributed by atoms with E-state index in [1.165, 1.54) is 5.56 Å². The normalized spacial score (nSPS) is 10.8. The second-order valence-corrected chi connectivity index (χ2v) is 5.07. The number of amides is 1. The summed E-state index contributed by atoms with van der Waals surface area (Å²) >= 11 is 0. The number of rotatable bonds is 5. The maximum Gasteiger partial charge on any atom is 0.246 e. The molecule has 21 heavy (non-hydrogen) atoms. The highest BCUT2D eigenvalue weighted by Gasteiger charge is 2.05. The minimum absolute atomic E-state index is 0.00602. The maximum atomic E-state index is 12.0. The molecule has 0 saturated heterocycles. The first kappa shape index (κ1) is 15.0. The van der Waals surface area contributed by atoms with Gasteiger partial charge in [0.1, 0.15) is 0 Å². The minimum atomic E-state index is 0.00602. The van der Waals surface area contributed by atoms with E-state index in [-0.39, 0.29) is 5.91 Å². The van der Waals surface area contributed by atoms with Crippen LogP contribution in [0.15, 0.2) is 54.7 Å². The molecule has 0 aliphatic carbocycles. The molecule has 2 aromatic rings. The van der Waals surface area contributed by atoms with Crippen LogP contribution in [0.3, 0.4) is 0 Å². The quantitative estimate of drug-likeness (QED) is 0.788. The van der Waals surface area contributed by atoms with Crippen molar-refractivity contribution in [3.63, 3.8) is 0 Å². The second kappa shape index (κ2) is 7.39. The molecule has 0 spiro atoms. The fourth-order valence-electron chi connectivity index (χ4n) is 1.91. The Morgan fingerprint density at radius 1 is 1.19 bits per heavy atom. The third kappa shape index (κ3) is 4.88. The molecule has 3 heteroatoms. The Hall–Kier alpha value is -2.42. The Morgan fingerprint density at radius 2 is 1.95 bits per heavy atom. The summed E-state index contributed by atoms with van der Waals surface area (Å²) in [6.45, 7) is 2.71. The van der Waals surface area contributed by atoms with Gasteiger partial charge in [0.2, 0.25) is 5.91 Å². The van der Waals surface area contributed by atoms with E-state index in [9.17, 15) is 4.79 Å². The van der Waals surface area contributed by atoms with Gasteiger partial charge in [-0.15, -0.1) is 0 Å². The Morgan fingerprint density at radius 3 is 2.62 bits per heavy atom. The number of aromatic nitrogens is 1. The minimum Gasteiger partial charge on any atom is -0.342 e. The molecule has 1 heterocycles. The lowest BCUT2D eigenvalue weighted by molar-refractivity contribution is -0.124. The van der Waals surface area contributed by atoms with Crippen LogP contribution in [0.2, 0.25) is 0 Å². The number of carbonyl (C=O) groups excluding carboxylic acids is 1. The molecule has 0 bridgehead atoms. The van der Waals surface area contributed by atoms with Crippen molar-refractivity contribution in [1.29, 1.82) is 0 Å². The van der Waals surface area contributed by atoms with Gasteiger partial charge < -0.3 is 4.90 Å². The summed E-state index contributed by atoms with van der Waals surface area (Å²) in [5.41, 5.74) is 3.25. The smallest absolute Gasteiger partial charge is 0.246 e. The molecule has 3 nitrogen and oxygen atoms in total. The first-order valence-electron chi connectivity index (χ1n) is 7.05. The highest BCUT2D eigenvalue weighted by atomic mass is 16.2. The van der Waals surface area contributed by atoms with E-state index in [0.29, 0.717) is 6.54 Å². The fraction of sp³-hybridized carbons (Fsp3) is 0.222. The topological polar surface area (TPSA) is 33.2 Å². The first-order valence-corrected chi connectivity index (χ1v) is 7.05. The molecule has 1 aromatic heterocycles. The molecule has 0 radical (unpaired) electrons. The van der Waals surface area contributed by atoms with E-state index in [1.54, 1.807) is 17.2 Å². The predicted molar refractivity (Wildman–Crippen MR) is 85.8 cm³/mol. The Balaban J connectivity index is 1.86. The van der Waals surface area contributed by atoms with Crippen molar-refractivity contribution in [3.8, 4) is 0 Å². The Labute approximate surface area is 125 Å². The monoisotopic (exact) mass is 280 g/mol. The zero-order chi connectivity index (χ0) is 15.1. The first-order chi connectivity index (χ1) is 10.1. The van der Waals surface area contributed by atoms with Gasteiger partial charge in [-0.25, -0.2) is 0 Å². The largest absolute Gasteiger partial charge is 0.342 e. The van der Waals surface area contributed by atoms with Gasteiger partial charge >= 0.3 is 0 Å². The van der Waals surface area contributed by atoms with Crippen LogP contribution in [0.25, 0.3) is 6.08 Å². The number of hydrogen-bond acceptors (Lipinski definition) is 2. The van der Waals surface area contributed by atoms with E-state index in [1.807, 2.05) is 62.5 Å². The molecule has 0 aliphatic rings. The van der Waals surface area contributed by atoms with E-state index in [0.717, 1.165) is 17.7 Å². The average molecular weight is 280 g/mol. The number of carbonyl (C=O) groups is 1. The van der Waals surface area contributed by atoms with Gasteiger partial charge in [0.25, 0.3) is 0 Å². The van der Waals surface area contributed by atoms with E-state index in [4.69, 9.17) is 0 Å². The number of nitrogens with zero attached hydrogens (tertiary/aromatic N) is 2. The molecule has 1 aromatic carbocycles. The number of aryl methyl sites for hydroxylation is 1. The summed E-state index contributed by atoms with van der Waals surface area (Å²) in [5.74, 6) is 0.00602. The SMILES string of the molecule is Cc1ccc(/C=C/C(=O)N(C)CCc2ccccn2)cc1. The highest BCUT2D eigenvalue weighted by molar-refractivity contribution is 5.91. The van der Waals surface area contributed by atoms with Gasteiger partial charge in [-0.1, -0.05) is 35.9 Å². The predicted octanol–water partition coefficient (Wildman–Crippen LogP) is 3.10. The lowest BCUT2D eigenvalue weighted by Gasteiger charge is -2.14. The zero-order valence-electron chi connectivity index (χ0n) is 12.5. The molecule has 0 saturated carbocycles. The van der Waals surface area contributed by atoms with Gasteiger partial charge in [-0.3, -0.25) is 9.78 Å². The standard InChI is InChI=1S/C18H20N2O/c1-15-6-8-16(9-7-15)10-11-18(21)20(2)14-12-17-5-3-4-13-19-17/h3-11,13H,12,14H2,1-2H3/b11-10+. The van der Waals surface area contributed by atoms with Crippen molar-refractivity contribution in [2.45, 2.75) is 13.3 Å². The molecular formula is C18H20N2O. The van der Waals surface area contributed by atoms with Crippen molar-refractivity contribution in [3.05, 3.63) is 71.6 Å². The summed E-state index contributed by atoms with van der Waals surface area (Å²) < 4.78 is 0. The van der Waals surface area contributed by atoms with Crippen LogP contribution < -0.4 is 0 Å². The summed E-state index contributed by atoms with van der Waals surface area (Å²) in [4.78, 5) is 18.0. The molecule has 2 rings (SSSR count). The van der Waals surface area contributed by atoms with Crippen molar-refractivity contribution in [2.75, 3.05) is 13.6 Å². The summed E-state index contributed by atoms with van der Waals surface area (Å²) in [6.07, 6.45) is 6.00. The van der Waals surface area contributed by atoms with Gasteiger partial charge in [0.05, 0.1) is 0 Å². The number of benzene rings is 1. The van der Waals surface area contributed by atoms with Crippen LogP contribution in [0.1, 0.15) is 16.8 Å². The Bertz CT molecular complexity index is 603. The van der Waals surface area contributed by atoms with Crippen LogP contribution in [0.5, 0.6) is 0 Å². The van der Waals surface area contributed by atoms with Gasteiger partial charge in [0.15, 0.2) is 0 Å². The van der Waals surface area contributed by atoms with Crippen molar-refractivity contribution in [1.82, 2.24) is 9.88 Å². The van der Waals surface area contributed by atoms with Crippen LogP contribution >= 0.6 is 0 Å². The molecule has 0 N–H and O–H groups in total. The lowest BCUT2D eigenvalue weighted by atomic mass is 10.1. The molecule has 0 unspecified atom stereocenters. The third-order valence-corrected chi connectivity index (χ3v) is 3.30. The number of hydrogen-bond donors (Lipinski definition) is 0. The summed E-state index contributed by atoms with van der Waals surface area (Å²) in [6, 6.07) is 13.9. The molecule has 0 fully saturated rings. The number of pyridine rings is 1. The zero-order valence-corrected chi connectivity index (χ0v) is 12.5. The van der Waals surface area contributed by atoms with Gasteiger partial charge in [-0.2, -0.15) is 0 Å². The van der Waals surface area contributed by atoms with Gasteiger partial charge in [0, 0.05) is 38.0 Å². The van der Waals surface area contributed by atoms with Crippen LogP contribution in [-0.4, -0.2) is 29.4 Å². The summed E-state index contributed by atoms with van der Waals surface area (Å²) in [7, 11) is 1.81. The van der Waals surface area contributed by atoms with E-state index >= 15 is 0 Å². The van der Waals surface area contributed by atoms with Crippen LogP contribution in [0.4, 0.5) is 0 Å². The second-order valence-electron chi connectivity index (χ2n) is 5.07. The van der Waals surface area contributed by atoms with E-state index < -0.39 is 0 Å². The van der Waals surface area contributed by atoms with Crippen LogP contribution in [0, 0.1) is 6.92 Å². The highest BCUT2D eigenvalue weighted by Crippen LogP contribution is 2.05. The van der Waals surface area contributed by atoms with Crippen molar-refractivity contribution >= 4 is 12.0 Å². The fourth-order valence-corrected chi connectivity index (χ4v) is 1.91.